The highest BCUT2D eigenvalue weighted by atomic mass is 16.7. The van der Waals surface area contributed by atoms with Gasteiger partial charge in [0.1, 0.15) is 18.8 Å². The summed E-state index contributed by atoms with van der Waals surface area (Å²) in [7, 11) is 1.62. The topological polar surface area (TPSA) is 121 Å². The van der Waals surface area contributed by atoms with Crippen molar-refractivity contribution in [3.8, 4) is 0 Å². The van der Waals surface area contributed by atoms with Gasteiger partial charge in [-0.3, -0.25) is 4.79 Å². The minimum atomic E-state index is -0.990. The van der Waals surface area contributed by atoms with Crippen LogP contribution in [0.2, 0.25) is 0 Å². The summed E-state index contributed by atoms with van der Waals surface area (Å²) < 4.78 is 29.1. The van der Waals surface area contributed by atoms with E-state index >= 15 is 0 Å². The summed E-state index contributed by atoms with van der Waals surface area (Å²) in [4.78, 5) is 24.2. The molecule has 2 N–H and O–H groups in total. The Balaban J connectivity index is 1.19. The Morgan fingerprint density at radius 3 is 2.54 bits per heavy atom. The van der Waals surface area contributed by atoms with Crippen molar-refractivity contribution in [2.45, 2.75) is 128 Å². The normalized spacial score (nSPS) is 51.2. The first-order valence-electron chi connectivity index (χ1n) is 15.7. The first kappa shape index (κ1) is 29.5. The van der Waals surface area contributed by atoms with Crippen molar-refractivity contribution in [2.75, 3.05) is 13.7 Å². The molecule has 4 saturated carbocycles. The molecule has 2 aliphatic heterocycles. The Kier molecular flexibility index (Phi) is 7.62. The second-order valence-corrected chi connectivity index (χ2v) is 14.3. The Hall–Kier alpha value is -1.52. The van der Waals surface area contributed by atoms with Crippen LogP contribution >= 0.6 is 0 Å². The molecule has 0 bridgehead atoms. The van der Waals surface area contributed by atoms with Gasteiger partial charge in [0.2, 0.25) is 0 Å². The second-order valence-electron chi connectivity index (χ2n) is 14.3. The Labute approximate surface area is 243 Å². The van der Waals surface area contributed by atoms with Gasteiger partial charge in [-0.05, 0) is 80.6 Å². The molecule has 230 valence electrons. The maximum absolute atomic E-state index is 12.7. The first-order valence-corrected chi connectivity index (χ1v) is 15.7. The van der Waals surface area contributed by atoms with E-state index in [1.165, 1.54) is 6.92 Å². The predicted octanol–water partition coefficient (Wildman–Crippen LogP) is 3.68. The lowest BCUT2D eigenvalue weighted by Crippen LogP contribution is -2.62. The highest BCUT2D eigenvalue weighted by Gasteiger charge is 2.71. The molecule has 0 amide bonds. The number of esters is 2. The molecule has 0 aromatic carbocycles. The van der Waals surface area contributed by atoms with Crippen LogP contribution in [0.5, 0.6) is 0 Å². The van der Waals surface area contributed by atoms with Crippen molar-refractivity contribution in [2.24, 2.45) is 34.5 Å². The summed E-state index contributed by atoms with van der Waals surface area (Å²) in [5, 5.41) is 23.0. The maximum atomic E-state index is 12.7. The van der Waals surface area contributed by atoms with E-state index in [0.717, 1.165) is 50.5 Å². The van der Waals surface area contributed by atoms with Gasteiger partial charge in [0.25, 0.3) is 0 Å². The fraction of sp³-hybridized carbons (Fsp3) is 0.875. The molecular weight excluding hydrogens is 528 g/mol. The van der Waals surface area contributed by atoms with Gasteiger partial charge >= 0.3 is 11.9 Å². The van der Waals surface area contributed by atoms with Crippen molar-refractivity contribution in [3.05, 3.63) is 11.6 Å². The fourth-order valence-electron chi connectivity index (χ4n) is 10.4. The summed E-state index contributed by atoms with van der Waals surface area (Å²) in [5.41, 5.74) is -0.559. The zero-order valence-electron chi connectivity index (χ0n) is 25.2. The minimum Gasteiger partial charge on any atom is -0.462 e. The molecule has 6 aliphatic rings. The van der Waals surface area contributed by atoms with Crippen LogP contribution in [0.25, 0.3) is 0 Å². The lowest BCUT2D eigenvalue weighted by atomic mass is 9.43. The molecule has 9 heteroatoms. The van der Waals surface area contributed by atoms with E-state index in [0.29, 0.717) is 24.7 Å². The number of rotatable bonds is 5. The summed E-state index contributed by atoms with van der Waals surface area (Å²) in [5.74, 6) is 0.0175. The van der Waals surface area contributed by atoms with Crippen LogP contribution in [0.15, 0.2) is 11.6 Å². The Bertz CT molecular complexity index is 1080. The second kappa shape index (κ2) is 10.6. The van der Waals surface area contributed by atoms with Crippen LogP contribution < -0.4 is 0 Å². The number of aliphatic hydroxyl groups is 2. The third-order valence-electron chi connectivity index (χ3n) is 12.5. The number of methoxy groups -OCH3 is 1. The van der Waals surface area contributed by atoms with Gasteiger partial charge in [0, 0.05) is 44.3 Å². The molecule has 13 atom stereocenters. The standard InChI is InChI=1S/C32H48O9/c1-17-29(35)24(37-5)14-27(39-17)41-21-8-10-30(3)20(13-21)6-7-23-22(30)9-11-31(4)28(19-12-26(34)38-16-19)25(40-18(2)33)15-32(23,31)36/h12,17,20-25,27-29,35-36H,6-11,13-16H2,1-5H3/t17-,20-,21+,22-,23-,24-,25+,27+,28+,29+,30+,31-,32+/m1/s1. The van der Waals surface area contributed by atoms with Crippen LogP contribution in [0.1, 0.15) is 85.5 Å². The van der Waals surface area contributed by atoms with Gasteiger partial charge in [0.15, 0.2) is 6.29 Å². The van der Waals surface area contributed by atoms with Crippen molar-refractivity contribution in [1.82, 2.24) is 0 Å². The third kappa shape index (κ3) is 4.69. The summed E-state index contributed by atoms with van der Waals surface area (Å²) in [6.45, 7) is 8.06. The summed E-state index contributed by atoms with van der Waals surface area (Å²) in [6.07, 6.45) is 7.14. The predicted molar refractivity (Wildman–Crippen MR) is 147 cm³/mol. The van der Waals surface area contributed by atoms with Gasteiger partial charge < -0.3 is 33.9 Å². The van der Waals surface area contributed by atoms with E-state index < -0.39 is 23.2 Å². The van der Waals surface area contributed by atoms with E-state index in [-0.39, 0.29) is 60.4 Å². The molecule has 5 fully saturated rings. The van der Waals surface area contributed by atoms with Gasteiger partial charge in [-0.25, -0.2) is 4.79 Å². The number of ether oxygens (including phenoxy) is 5. The SMILES string of the molecule is CO[C@@H]1C[C@H](O[C@H]2CC[C@@]3(C)[C@H](CC[C@@H]4[C@H]3CC[C@]3(C)[C@@H](C5=CC(=O)OC5)[C@@H](OC(C)=O)C[C@]43O)C2)O[C@H](C)[C@@H]1O. The van der Waals surface area contributed by atoms with E-state index in [1.54, 1.807) is 13.2 Å². The Morgan fingerprint density at radius 1 is 1.07 bits per heavy atom. The average molecular weight is 577 g/mol. The van der Waals surface area contributed by atoms with Crippen LogP contribution in [0.3, 0.4) is 0 Å². The fourth-order valence-corrected chi connectivity index (χ4v) is 10.4. The first-order chi connectivity index (χ1) is 19.4. The zero-order chi connectivity index (χ0) is 29.3. The number of carbonyl (C=O) groups excluding carboxylic acids is 2. The van der Waals surface area contributed by atoms with Gasteiger partial charge in [0.05, 0.1) is 23.9 Å². The molecular formula is C32H48O9. The van der Waals surface area contributed by atoms with Crippen molar-refractivity contribution in [3.63, 3.8) is 0 Å². The molecule has 0 aromatic rings. The van der Waals surface area contributed by atoms with Crippen molar-refractivity contribution in [1.29, 1.82) is 0 Å². The number of cyclic esters (lactones) is 1. The molecule has 2 heterocycles. The highest BCUT2D eigenvalue weighted by molar-refractivity contribution is 5.85. The van der Waals surface area contributed by atoms with Crippen molar-refractivity contribution >= 4 is 11.9 Å². The van der Waals surface area contributed by atoms with Gasteiger partial charge in [-0.2, -0.15) is 0 Å². The number of aliphatic hydroxyl groups excluding tert-OH is 1. The van der Waals surface area contributed by atoms with E-state index in [4.69, 9.17) is 23.7 Å². The monoisotopic (exact) mass is 576 g/mol. The van der Waals surface area contributed by atoms with E-state index in [9.17, 15) is 19.8 Å². The number of carbonyl (C=O) groups is 2. The molecule has 1 saturated heterocycles. The molecule has 0 spiro atoms. The molecule has 9 nitrogen and oxygen atoms in total. The summed E-state index contributed by atoms with van der Waals surface area (Å²) >= 11 is 0. The number of hydrogen-bond acceptors (Lipinski definition) is 9. The molecule has 0 unspecified atom stereocenters. The van der Waals surface area contributed by atoms with Crippen LogP contribution in [0.4, 0.5) is 0 Å². The van der Waals surface area contributed by atoms with Crippen LogP contribution in [-0.4, -0.2) is 78.3 Å². The van der Waals surface area contributed by atoms with Gasteiger partial charge in [-0.15, -0.1) is 0 Å². The highest BCUT2D eigenvalue weighted by Crippen LogP contribution is 2.70. The molecule has 0 radical (unpaired) electrons. The average Bonchev–Trinajstić information content (AvgIpc) is 3.42. The molecule has 0 aromatic heterocycles. The Morgan fingerprint density at radius 2 is 1.85 bits per heavy atom. The smallest absolute Gasteiger partial charge is 0.331 e. The lowest BCUT2D eigenvalue weighted by molar-refractivity contribution is -0.273. The third-order valence-corrected chi connectivity index (χ3v) is 12.5. The lowest BCUT2D eigenvalue weighted by Gasteiger charge is -2.63. The molecule has 6 rings (SSSR count). The quantitative estimate of drug-likeness (QED) is 0.373. The number of fused-ring (bicyclic) bond motifs is 5. The largest absolute Gasteiger partial charge is 0.462 e. The van der Waals surface area contributed by atoms with Crippen LogP contribution in [0, 0.1) is 34.5 Å². The van der Waals surface area contributed by atoms with Crippen molar-refractivity contribution < 1.29 is 43.5 Å². The number of hydrogen-bond donors (Lipinski definition) is 2. The van der Waals surface area contributed by atoms with E-state index in [1.807, 2.05) is 6.92 Å². The van der Waals surface area contributed by atoms with Gasteiger partial charge in [-0.1, -0.05) is 13.8 Å². The van der Waals surface area contributed by atoms with E-state index in [2.05, 4.69) is 13.8 Å². The minimum absolute atomic E-state index is 0.0898. The van der Waals surface area contributed by atoms with Crippen LogP contribution in [-0.2, 0) is 33.3 Å². The zero-order valence-corrected chi connectivity index (χ0v) is 25.2. The molecule has 41 heavy (non-hydrogen) atoms. The maximum Gasteiger partial charge on any atom is 0.331 e. The summed E-state index contributed by atoms with van der Waals surface area (Å²) in [6, 6.07) is 0. The molecule has 4 aliphatic carbocycles.